The molecule has 0 radical (unpaired) electrons. The van der Waals surface area contributed by atoms with E-state index in [-0.39, 0.29) is 35.8 Å². The van der Waals surface area contributed by atoms with Crippen LogP contribution in [0.1, 0.15) is 27.4 Å². The Morgan fingerprint density at radius 1 is 1.17 bits per heavy atom. The number of hydrogen-bond acceptors (Lipinski definition) is 2. The van der Waals surface area contributed by atoms with Gasteiger partial charge in [-0.3, -0.25) is 4.79 Å². The Morgan fingerprint density at radius 3 is 2.52 bits per heavy atom. The first-order chi connectivity index (χ1) is 10.6. The molecule has 0 unspecified atom stereocenters. The van der Waals surface area contributed by atoms with E-state index in [0.717, 1.165) is 11.1 Å². The third-order valence-electron chi connectivity index (χ3n) is 4.24. The summed E-state index contributed by atoms with van der Waals surface area (Å²) < 4.78 is 14.0. The van der Waals surface area contributed by atoms with Crippen molar-refractivity contribution in [1.29, 1.82) is 0 Å². The number of carbonyl (C=O) groups is 1. The van der Waals surface area contributed by atoms with Gasteiger partial charge >= 0.3 is 0 Å². The summed E-state index contributed by atoms with van der Waals surface area (Å²) >= 11 is 0. The summed E-state index contributed by atoms with van der Waals surface area (Å²) in [4.78, 5) is 14.2. The van der Waals surface area contributed by atoms with Crippen molar-refractivity contribution in [3.8, 4) is 0 Å². The minimum absolute atomic E-state index is 0. The lowest BCUT2D eigenvalue weighted by Gasteiger charge is -2.17. The third kappa shape index (κ3) is 3.54. The van der Waals surface area contributed by atoms with Crippen LogP contribution < -0.4 is 5.73 Å². The maximum Gasteiger partial charge on any atom is 0.256 e. The molecule has 2 aromatic carbocycles. The lowest BCUT2D eigenvalue weighted by Crippen LogP contribution is -2.32. The van der Waals surface area contributed by atoms with Gasteiger partial charge in [-0.2, -0.15) is 0 Å². The molecule has 2 aromatic rings. The van der Waals surface area contributed by atoms with E-state index in [9.17, 15) is 9.18 Å². The molecular formula is C18H20ClFN2O. The van der Waals surface area contributed by atoms with Crippen LogP contribution in [0.15, 0.2) is 48.5 Å². The van der Waals surface area contributed by atoms with E-state index < -0.39 is 5.82 Å². The van der Waals surface area contributed by atoms with E-state index >= 15 is 0 Å². The van der Waals surface area contributed by atoms with Gasteiger partial charge in [0.2, 0.25) is 0 Å². The van der Waals surface area contributed by atoms with Gasteiger partial charge in [0, 0.05) is 25.0 Å². The van der Waals surface area contributed by atoms with Gasteiger partial charge < -0.3 is 10.6 Å². The van der Waals surface area contributed by atoms with E-state index in [1.807, 2.05) is 30.3 Å². The van der Waals surface area contributed by atoms with Crippen LogP contribution >= 0.6 is 12.4 Å². The number of carbonyl (C=O) groups excluding carboxylic acids is 1. The molecule has 1 aliphatic heterocycles. The first-order valence-electron chi connectivity index (χ1n) is 7.42. The number of likely N-dealkylation sites (tertiary alicyclic amines) is 1. The molecule has 0 spiro atoms. The SMILES string of the molecule is Cc1ccc(C(=O)N2C[C@@H](N)[C@H](c3ccccc3)C2)c(F)c1.Cl. The number of nitrogens with zero attached hydrogens (tertiary/aromatic N) is 1. The van der Waals surface area contributed by atoms with Crippen LogP contribution in [0.2, 0.25) is 0 Å². The number of rotatable bonds is 2. The Morgan fingerprint density at radius 2 is 1.87 bits per heavy atom. The number of hydrogen-bond donors (Lipinski definition) is 1. The Labute approximate surface area is 141 Å². The van der Waals surface area contributed by atoms with Crippen LogP contribution in [0, 0.1) is 12.7 Å². The fourth-order valence-corrected chi connectivity index (χ4v) is 3.01. The van der Waals surface area contributed by atoms with E-state index in [2.05, 4.69) is 0 Å². The molecule has 1 aliphatic rings. The molecule has 1 heterocycles. The summed E-state index contributed by atoms with van der Waals surface area (Å²) in [5.41, 5.74) is 8.23. The summed E-state index contributed by atoms with van der Waals surface area (Å²) in [6, 6.07) is 14.5. The summed E-state index contributed by atoms with van der Waals surface area (Å²) in [5, 5.41) is 0. The highest BCUT2D eigenvalue weighted by Crippen LogP contribution is 2.27. The fourth-order valence-electron chi connectivity index (χ4n) is 3.01. The molecule has 122 valence electrons. The monoisotopic (exact) mass is 334 g/mol. The molecule has 0 aliphatic carbocycles. The number of aryl methyl sites for hydroxylation is 1. The van der Waals surface area contributed by atoms with Crippen LogP contribution in [0.3, 0.4) is 0 Å². The molecular weight excluding hydrogens is 315 g/mol. The van der Waals surface area contributed by atoms with Gasteiger partial charge in [0.25, 0.3) is 5.91 Å². The molecule has 1 saturated heterocycles. The van der Waals surface area contributed by atoms with Gasteiger partial charge in [-0.25, -0.2) is 4.39 Å². The maximum atomic E-state index is 14.0. The molecule has 2 N–H and O–H groups in total. The Kier molecular flexibility index (Phi) is 5.39. The lowest BCUT2D eigenvalue weighted by molar-refractivity contribution is 0.0784. The van der Waals surface area contributed by atoms with E-state index in [4.69, 9.17) is 5.73 Å². The van der Waals surface area contributed by atoms with Crippen molar-refractivity contribution in [2.45, 2.75) is 18.9 Å². The summed E-state index contributed by atoms with van der Waals surface area (Å²) in [5.74, 6) is -0.660. The maximum absolute atomic E-state index is 14.0. The van der Waals surface area contributed by atoms with E-state index in [0.29, 0.717) is 13.1 Å². The lowest BCUT2D eigenvalue weighted by atomic mass is 9.95. The summed E-state index contributed by atoms with van der Waals surface area (Å²) in [6.07, 6.45) is 0. The topological polar surface area (TPSA) is 46.3 Å². The van der Waals surface area contributed by atoms with Crippen molar-refractivity contribution in [2.24, 2.45) is 5.73 Å². The van der Waals surface area contributed by atoms with Crippen molar-refractivity contribution in [3.63, 3.8) is 0 Å². The summed E-state index contributed by atoms with van der Waals surface area (Å²) in [7, 11) is 0. The minimum atomic E-state index is -0.471. The molecule has 1 fully saturated rings. The van der Waals surface area contributed by atoms with Crippen LogP contribution in [0.5, 0.6) is 0 Å². The highest BCUT2D eigenvalue weighted by atomic mass is 35.5. The molecule has 0 bridgehead atoms. The fraction of sp³-hybridized carbons (Fsp3) is 0.278. The van der Waals surface area contributed by atoms with E-state index in [1.165, 1.54) is 6.07 Å². The van der Waals surface area contributed by atoms with Crippen LogP contribution in [-0.4, -0.2) is 29.9 Å². The largest absolute Gasteiger partial charge is 0.336 e. The molecule has 0 saturated carbocycles. The first-order valence-corrected chi connectivity index (χ1v) is 7.42. The second-order valence-electron chi connectivity index (χ2n) is 5.87. The van der Waals surface area contributed by atoms with Gasteiger partial charge in [0.05, 0.1) is 5.56 Å². The van der Waals surface area contributed by atoms with Crippen molar-refractivity contribution in [1.82, 2.24) is 4.90 Å². The molecule has 2 atom stereocenters. The van der Waals surface area contributed by atoms with Crippen molar-refractivity contribution in [3.05, 3.63) is 71.0 Å². The number of halogens is 2. The zero-order valence-electron chi connectivity index (χ0n) is 12.9. The normalized spacial score (nSPS) is 20.2. The number of nitrogens with two attached hydrogens (primary N) is 1. The van der Waals surface area contributed by atoms with Gasteiger partial charge in [-0.1, -0.05) is 36.4 Å². The minimum Gasteiger partial charge on any atom is -0.336 e. The summed E-state index contributed by atoms with van der Waals surface area (Å²) in [6.45, 7) is 2.78. The average Bonchev–Trinajstić information content (AvgIpc) is 2.89. The first kappa shape index (κ1) is 17.4. The Balaban J connectivity index is 0.00000192. The Bertz CT molecular complexity index is 693. The van der Waals surface area contributed by atoms with Gasteiger partial charge in [-0.15, -0.1) is 12.4 Å². The third-order valence-corrected chi connectivity index (χ3v) is 4.24. The van der Waals surface area contributed by atoms with Gasteiger partial charge in [-0.05, 0) is 30.2 Å². The molecule has 1 amide bonds. The quantitative estimate of drug-likeness (QED) is 0.917. The zero-order chi connectivity index (χ0) is 15.7. The van der Waals surface area contributed by atoms with Crippen molar-refractivity contribution < 1.29 is 9.18 Å². The molecule has 0 aromatic heterocycles. The van der Waals surface area contributed by atoms with Gasteiger partial charge in [0.15, 0.2) is 0 Å². The van der Waals surface area contributed by atoms with Crippen LogP contribution in [-0.2, 0) is 0 Å². The second-order valence-corrected chi connectivity index (χ2v) is 5.87. The van der Waals surface area contributed by atoms with Crippen molar-refractivity contribution in [2.75, 3.05) is 13.1 Å². The highest BCUT2D eigenvalue weighted by Gasteiger charge is 2.34. The molecule has 23 heavy (non-hydrogen) atoms. The standard InChI is InChI=1S/C18H19FN2O.ClH/c1-12-7-8-14(16(19)9-12)18(22)21-10-15(17(20)11-21)13-5-3-2-4-6-13;/h2-9,15,17H,10-11,20H2,1H3;1H/t15-,17+;/m0./s1. The highest BCUT2D eigenvalue weighted by molar-refractivity contribution is 5.94. The van der Waals surface area contributed by atoms with E-state index in [1.54, 1.807) is 24.0 Å². The second kappa shape index (κ2) is 7.11. The zero-order valence-corrected chi connectivity index (χ0v) is 13.7. The van der Waals surface area contributed by atoms with Crippen LogP contribution in [0.25, 0.3) is 0 Å². The average molecular weight is 335 g/mol. The smallest absolute Gasteiger partial charge is 0.256 e. The predicted molar refractivity (Wildman–Crippen MR) is 91.4 cm³/mol. The number of benzene rings is 2. The molecule has 3 nitrogen and oxygen atoms in total. The molecule has 3 rings (SSSR count). The van der Waals surface area contributed by atoms with Gasteiger partial charge in [0.1, 0.15) is 5.82 Å². The van der Waals surface area contributed by atoms with Crippen molar-refractivity contribution >= 4 is 18.3 Å². The Hall–Kier alpha value is -1.91. The van der Waals surface area contributed by atoms with Crippen LogP contribution in [0.4, 0.5) is 4.39 Å². The predicted octanol–water partition coefficient (Wildman–Crippen LogP) is 3.12. The number of amides is 1. The molecule has 5 heteroatoms.